The summed E-state index contributed by atoms with van der Waals surface area (Å²) in [5.41, 5.74) is 0.144. The van der Waals surface area contributed by atoms with Crippen LogP contribution in [0.2, 0.25) is 0 Å². The van der Waals surface area contributed by atoms with Crippen LogP contribution in [0.3, 0.4) is 0 Å². The summed E-state index contributed by atoms with van der Waals surface area (Å²) in [5.74, 6) is -1.30. The molecule has 7 nitrogen and oxygen atoms in total. The Morgan fingerprint density at radius 2 is 1.82 bits per heavy atom. The van der Waals surface area contributed by atoms with Crippen LogP contribution < -0.4 is 10.6 Å². The van der Waals surface area contributed by atoms with Crippen LogP contribution in [0.1, 0.15) is 24.5 Å². The summed E-state index contributed by atoms with van der Waals surface area (Å²) in [6.45, 7) is 1.48. The topological polar surface area (TPSA) is 102 Å². The molecule has 0 aliphatic carbocycles. The van der Waals surface area contributed by atoms with Crippen LogP contribution in [0.5, 0.6) is 0 Å². The lowest BCUT2D eigenvalue weighted by molar-refractivity contribution is -0.131. The summed E-state index contributed by atoms with van der Waals surface area (Å²) in [6.07, 6.45) is -0.0972. The van der Waals surface area contributed by atoms with Crippen LogP contribution >= 0.6 is 0 Å². The van der Waals surface area contributed by atoms with Gasteiger partial charge in [-0.05, 0) is 48.9 Å². The number of carbonyl (C=O) groups is 3. The first-order valence-electron chi connectivity index (χ1n) is 8.53. The van der Waals surface area contributed by atoms with Crippen molar-refractivity contribution < 1.29 is 18.8 Å². The molecule has 0 saturated carbocycles. The van der Waals surface area contributed by atoms with Crippen molar-refractivity contribution in [3.8, 4) is 6.07 Å². The molecule has 2 aromatic rings. The molecule has 8 heteroatoms. The van der Waals surface area contributed by atoms with Crippen molar-refractivity contribution in [1.29, 1.82) is 5.26 Å². The molecule has 0 aromatic heterocycles. The van der Waals surface area contributed by atoms with Gasteiger partial charge in [0.15, 0.2) is 0 Å². The molecule has 1 fully saturated rings. The number of hydrogen-bond donors (Lipinski definition) is 2. The van der Waals surface area contributed by atoms with Crippen LogP contribution in [0, 0.1) is 17.1 Å². The maximum absolute atomic E-state index is 12.9. The Labute approximate surface area is 160 Å². The van der Waals surface area contributed by atoms with E-state index in [2.05, 4.69) is 10.6 Å². The Hall–Kier alpha value is -3.73. The van der Waals surface area contributed by atoms with E-state index in [9.17, 15) is 18.8 Å². The molecule has 2 aromatic carbocycles. The minimum atomic E-state index is -1.27. The van der Waals surface area contributed by atoms with Gasteiger partial charge in [0, 0.05) is 18.7 Å². The first-order valence-corrected chi connectivity index (χ1v) is 8.53. The number of carbonyl (C=O) groups excluding carboxylic acids is 3. The molecule has 0 unspecified atom stereocenters. The third-order valence-electron chi connectivity index (χ3n) is 4.56. The van der Waals surface area contributed by atoms with E-state index in [0.717, 1.165) is 4.90 Å². The van der Waals surface area contributed by atoms with Crippen molar-refractivity contribution in [1.82, 2.24) is 10.2 Å². The Bertz CT molecular complexity index is 966. The van der Waals surface area contributed by atoms with E-state index in [4.69, 9.17) is 5.26 Å². The number of amides is 4. The van der Waals surface area contributed by atoms with E-state index in [0.29, 0.717) is 16.8 Å². The largest absolute Gasteiger partial charge is 0.326 e. The predicted octanol–water partition coefficient (Wildman–Crippen LogP) is 2.49. The van der Waals surface area contributed by atoms with Crippen molar-refractivity contribution in [2.45, 2.75) is 18.9 Å². The summed E-state index contributed by atoms with van der Waals surface area (Å²) < 4.78 is 12.9. The minimum absolute atomic E-state index is 0.0937. The number of hydrogen-bond acceptors (Lipinski definition) is 4. The highest BCUT2D eigenvalue weighted by molar-refractivity contribution is 6.07. The molecular formula is C20H17FN4O3. The molecule has 0 spiro atoms. The summed E-state index contributed by atoms with van der Waals surface area (Å²) >= 11 is 0. The fourth-order valence-corrected chi connectivity index (χ4v) is 2.94. The molecule has 0 bridgehead atoms. The zero-order valence-corrected chi connectivity index (χ0v) is 15.0. The van der Waals surface area contributed by atoms with Crippen LogP contribution in [0.25, 0.3) is 0 Å². The molecule has 28 heavy (non-hydrogen) atoms. The standard InChI is InChI=1S/C20H17FN4O3/c1-20(14-4-2-13(12-22)3-5-14)18(27)25(19(28)24-20)11-10-17(26)23-16-8-6-15(21)7-9-16/h2-9H,10-11H2,1H3,(H,23,26)(H,24,28)/t20-/m0/s1. The van der Waals surface area contributed by atoms with Gasteiger partial charge in [-0.15, -0.1) is 0 Å². The highest BCUT2D eigenvalue weighted by Gasteiger charge is 2.48. The first-order chi connectivity index (χ1) is 13.3. The van der Waals surface area contributed by atoms with Crippen LogP contribution in [0.4, 0.5) is 14.9 Å². The fraction of sp³-hybridized carbons (Fsp3) is 0.200. The second kappa shape index (κ2) is 7.48. The molecule has 0 radical (unpaired) electrons. The number of urea groups is 1. The average molecular weight is 380 g/mol. The van der Waals surface area contributed by atoms with Gasteiger partial charge in [0.2, 0.25) is 5.91 Å². The summed E-state index contributed by atoms with van der Waals surface area (Å²) in [7, 11) is 0. The van der Waals surface area contributed by atoms with Crippen LogP contribution in [-0.4, -0.2) is 29.3 Å². The molecule has 1 atom stereocenters. The number of benzene rings is 2. The van der Waals surface area contributed by atoms with Crippen molar-refractivity contribution in [2.75, 3.05) is 11.9 Å². The van der Waals surface area contributed by atoms with Gasteiger partial charge in [0.05, 0.1) is 11.6 Å². The summed E-state index contributed by atoms with van der Waals surface area (Å²) in [5, 5.41) is 14.1. The number of nitrogens with one attached hydrogen (secondary N) is 2. The highest BCUT2D eigenvalue weighted by atomic mass is 19.1. The van der Waals surface area contributed by atoms with E-state index in [1.54, 1.807) is 31.2 Å². The molecule has 142 valence electrons. The molecular weight excluding hydrogens is 363 g/mol. The number of nitrogens with zero attached hydrogens (tertiary/aromatic N) is 2. The number of halogens is 1. The van der Waals surface area contributed by atoms with Crippen molar-refractivity contribution >= 4 is 23.5 Å². The second-order valence-electron chi connectivity index (χ2n) is 6.51. The van der Waals surface area contributed by atoms with E-state index in [1.807, 2.05) is 6.07 Å². The minimum Gasteiger partial charge on any atom is -0.326 e. The van der Waals surface area contributed by atoms with E-state index < -0.39 is 29.2 Å². The monoisotopic (exact) mass is 380 g/mol. The van der Waals surface area contributed by atoms with Gasteiger partial charge in [-0.25, -0.2) is 9.18 Å². The Kier molecular flexibility index (Phi) is 5.09. The first kappa shape index (κ1) is 19.0. The van der Waals surface area contributed by atoms with Gasteiger partial charge in [-0.2, -0.15) is 5.26 Å². The molecule has 1 aliphatic rings. The lowest BCUT2D eigenvalue weighted by Crippen LogP contribution is -2.41. The lowest BCUT2D eigenvalue weighted by Gasteiger charge is -2.22. The molecule has 3 rings (SSSR count). The summed E-state index contributed by atoms with van der Waals surface area (Å²) in [6, 6.07) is 13.0. The normalized spacial score (nSPS) is 18.5. The van der Waals surface area contributed by atoms with Gasteiger partial charge < -0.3 is 10.6 Å². The SMILES string of the molecule is C[C@@]1(c2ccc(C#N)cc2)NC(=O)N(CCC(=O)Nc2ccc(F)cc2)C1=O. The Morgan fingerprint density at radius 3 is 2.43 bits per heavy atom. The zero-order valence-electron chi connectivity index (χ0n) is 15.0. The molecule has 1 saturated heterocycles. The Balaban J connectivity index is 1.65. The third kappa shape index (κ3) is 3.69. The highest BCUT2D eigenvalue weighted by Crippen LogP contribution is 2.29. The van der Waals surface area contributed by atoms with Crippen LogP contribution in [-0.2, 0) is 15.1 Å². The van der Waals surface area contributed by atoms with Gasteiger partial charge in [0.1, 0.15) is 11.4 Å². The third-order valence-corrected chi connectivity index (χ3v) is 4.56. The second-order valence-corrected chi connectivity index (χ2v) is 6.51. The number of nitriles is 1. The van der Waals surface area contributed by atoms with Gasteiger partial charge in [-0.3, -0.25) is 14.5 Å². The molecule has 4 amide bonds. The number of anilines is 1. The zero-order chi connectivity index (χ0) is 20.3. The molecule has 2 N–H and O–H groups in total. The number of rotatable bonds is 5. The van der Waals surface area contributed by atoms with Crippen molar-refractivity contribution in [2.24, 2.45) is 0 Å². The molecule has 1 aliphatic heterocycles. The van der Waals surface area contributed by atoms with E-state index in [-0.39, 0.29) is 13.0 Å². The van der Waals surface area contributed by atoms with Gasteiger partial charge >= 0.3 is 6.03 Å². The lowest BCUT2D eigenvalue weighted by atomic mass is 9.91. The average Bonchev–Trinajstić information content (AvgIpc) is 2.91. The smallest absolute Gasteiger partial charge is 0.325 e. The fourth-order valence-electron chi connectivity index (χ4n) is 2.94. The van der Waals surface area contributed by atoms with Crippen LogP contribution in [0.15, 0.2) is 48.5 Å². The van der Waals surface area contributed by atoms with Crippen molar-refractivity contribution in [3.63, 3.8) is 0 Å². The Morgan fingerprint density at radius 1 is 1.18 bits per heavy atom. The quantitative estimate of drug-likeness (QED) is 0.778. The molecule has 1 heterocycles. The maximum atomic E-state index is 12.9. The number of imide groups is 1. The van der Waals surface area contributed by atoms with Gasteiger partial charge in [0.25, 0.3) is 5.91 Å². The van der Waals surface area contributed by atoms with E-state index >= 15 is 0 Å². The predicted molar refractivity (Wildman–Crippen MR) is 98.4 cm³/mol. The van der Waals surface area contributed by atoms with Crippen molar-refractivity contribution in [3.05, 3.63) is 65.5 Å². The maximum Gasteiger partial charge on any atom is 0.325 e. The summed E-state index contributed by atoms with van der Waals surface area (Å²) in [4.78, 5) is 38.1. The van der Waals surface area contributed by atoms with Gasteiger partial charge in [-0.1, -0.05) is 12.1 Å². The van der Waals surface area contributed by atoms with E-state index in [1.165, 1.54) is 24.3 Å².